The first-order valence-electron chi connectivity index (χ1n) is 13.8. The molecule has 0 amide bonds. The summed E-state index contributed by atoms with van der Waals surface area (Å²) in [6, 6.07) is 24.1. The second-order valence-electron chi connectivity index (χ2n) is 10.5. The third-order valence-electron chi connectivity index (χ3n) is 7.40. The Balaban J connectivity index is 1.51. The Bertz CT molecular complexity index is 1320. The Morgan fingerprint density at radius 3 is 2.22 bits per heavy atom. The van der Waals surface area contributed by atoms with Crippen LogP contribution in [0.4, 0.5) is 13.2 Å². The molecule has 1 heterocycles. The fraction of sp³-hybridized carbons (Fsp3) is 0.419. The van der Waals surface area contributed by atoms with E-state index in [4.69, 9.17) is 16.3 Å². The molecule has 3 aromatic carbocycles. The van der Waals surface area contributed by atoms with Gasteiger partial charge in [-0.1, -0.05) is 84.4 Å². The molecule has 4 rings (SSSR count). The first-order valence-corrected chi connectivity index (χ1v) is 16.0. The van der Waals surface area contributed by atoms with Crippen molar-refractivity contribution in [3.8, 4) is 0 Å². The van der Waals surface area contributed by atoms with E-state index in [2.05, 4.69) is 29.2 Å². The van der Waals surface area contributed by atoms with Crippen LogP contribution in [0.3, 0.4) is 0 Å². The van der Waals surface area contributed by atoms with Crippen LogP contribution in [0.2, 0.25) is 5.02 Å². The van der Waals surface area contributed by atoms with Gasteiger partial charge in [0.15, 0.2) is 0 Å². The highest BCUT2D eigenvalue weighted by Crippen LogP contribution is 2.37. The molecule has 3 aromatic rings. The number of piperidine rings is 1. The Hall–Kier alpha value is -2.43. The summed E-state index contributed by atoms with van der Waals surface area (Å²) in [6.45, 7) is 2.62. The van der Waals surface area contributed by atoms with Gasteiger partial charge >= 0.3 is 6.18 Å². The van der Waals surface area contributed by atoms with Gasteiger partial charge in [0.25, 0.3) is 0 Å². The molecule has 1 fully saturated rings. The standard InChI is InChI=1S/C31H36ClF3N2O3S/c1-41(38,39)37-19-9-16-27(22-37)40-20-10-18-36(21-26-15-8-17-29(30(26)32)31(33,34)35)23-28(24-11-4-2-5-12-24)25-13-6-3-7-14-25/h2-8,11-15,17,27-28H,9-10,16,18-23H2,1H3. The number of ether oxygens (including phenoxy) is 1. The van der Waals surface area contributed by atoms with Crippen LogP contribution < -0.4 is 0 Å². The lowest BCUT2D eigenvalue weighted by Gasteiger charge is -2.31. The summed E-state index contributed by atoms with van der Waals surface area (Å²) >= 11 is 6.30. The van der Waals surface area contributed by atoms with E-state index < -0.39 is 21.8 Å². The zero-order valence-electron chi connectivity index (χ0n) is 23.1. The Morgan fingerprint density at radius 2 is 1.63 bits per heavy atom. The van der Waals surface area contributed by atoms with E-state index in [9.17, 15) is 21.6 Å². The molecular formula is C31H36ClF3N2O3S. The van der Waals surface area contributed by atoms with Gasteiger partial charge in [-0.15, -0.1) is 0 Å². The van der Waals surface area contributed by atoms with Crippen LogP contribution >= 0.6 is 11.6 Å². The third kappa shape index (κ3) is 9.03. The quantitative estimate of drug-likeness (QED) is 0.212. The van der Waals surface area contributed by atoms with E-state index in [1.165, 1.54) is 16.6 Å². The molecule has 0 aliphatic carbocycles. The lowest BCUT2D eigenvalue weighted by molar-refractivity contribution is -0.137. The summed E-state index contributed by atoms with van der Waals surface area (Å²) in [5, 5.41) is -0.278. The average Bonchev–Trinajstić information content (AvgIpc) is 2.95. The zero-order valence-corrected chi connectivity index (χ0v) is 24.6. The largest absolute Gasteiger partial charge is 0.417 e. The van der Waals surface area contributed by atoms with E-state index in [1.54, 1.807) is 6.07 Å². The number of benzene rings is 3. The van der Waals surface area contributed by atoms with Crippen LogP contribution in [0.15, 0.2) is 78.9 Å². The predicted octanol–water partition coefficient (Wildman–Crippen LogP) is 6.82. The van der Waals surface area contributed by atoms with Crippen LogP contribution in [0.25, 0.3) is 0 Å². The summed E-state index contributed by atoms with van der Waals surface area (Å²) in [4.78, 5) is 2.12. The first kappa shape index (κ1) is 31.5. The van der Waals surface area contributed by atoms with Crippen molar-refractivity contribution in [3.05, 3.63) is 106 Å². The molecule has 5 nitrogen and oxygen atoms in total. The van der Waals surface area contributed by atoms with Gasteiger partial charge in [-0.3, -0.25) is 4.90 Å². The summed E-state index contributed by atoms with van der Waals surface area (Å²) in [6.07, 6.45) is -1.34. The second-order valence-corrected chi connectivity index (χ2v) is 12.9. The van der Waals surface area contributed by atoms with Crippen molar-refractivity contribution < 1.29 is 26.3 Å². The fourth-order valence-corrected chi connectivity index (χ4v) is 6.50. The van der Waals surface area contributed by atoms with Crippen molar-refractivity contribution in [1.82, 2.24) is 9.21 Å². The van der Waals surface area contributed by atoms with Gasteiger partial charge in [-0.25, -0.2) is 8.42 Å². The van der Waals surface area contributed by atoms with Gasteiger partial charge < -0.3 is 4.74 Å². The molecule has 222 valence electrons. The maximum absolute atomic E-state index is 13.6. The molecular weight excluding hydrogens is 573 g/mol. The SMILES string of the molecule is CS(=O)(=O)N1CCCC(OCCCN(Cc2cccc(C(F)(F)F)c2Cl)CC(c2ccccc2)c2ccccc2)C1. The van der Waals surface area contributed by atoms with Gasteiger partial charge in [0.05, 0.1) is 22.9 Å². The van der Waals surface area contributed by atoms with Crippen LogP contribution in [0, 0.1) is 0 Å². The molecule has 0 saturated carbocycles. The molecule has 1 atom stereocenters. The molecule has 10 heteroatoms. The molecule has 0 N–H and O–H groups in total. The van der Waals surface area contributed by atoms with Gasteiger partial charge in [-0.05, 0) is 42.0 Å². The molecule has 0 aromatic heterocycles. The van der Waals surface area contributed by atoms with Crippen molar-refractivity contribution in [2.45, 2.75) is 44.0 Å². The number of halogens is 4. The highest BCUT2D eigenvalue weighted by Gasteiger charge is 2.34. The van der Waals surface area contributed by atoms with Crippen molar-refractivity contribution in [2.75, 3.05) is 39.0 Å². The number of hydrogen-bond donors (Lipinski definition) is 0. The van der Waals surface area contributed by atoms with E-state index >= 15 is 0 Å². The van der Waals surface area contributed by atoms with Crippen molar-refractivity contribution >= 4 is 21.6 Å². The van der Waals surface area contributed by atoms with E-state index in [0.29, 0.717) is 44.8 Å². The Kier molecular flexibility index (Phi) is 10.9. The van der Waals surface area contributed by atoms with E-state index in [-0.39, 0.29) is 23.6 Å². The number of nitrogens with zero attached hydrogens (tertiary/aromatic N) is 2. The van der Waals surface area contributed by atoms with Gasteiger partial charge in [0.2, 0.25) is 10.0 Å². The molecule has 0 radical (unpaired) electrons. The van der Waals surface area contributed by atoms with Gasteiger partial charge in [0.1, 0.15) is 0 Å². The summed E-state index contributed by atoms with van der Waals surface area (Å²) in [5.74, 6) is -0.00967. The topological polar surface area (TPSA) is 49.9 Å². The third-order valence-corrected chi connectivity index (χ3v) is 9.12. The number of alkyl halides is 3. The monoisotopic (exact) mass is 608 g/mol. The van der Waals surface area contributed by atoms with Crippen molar-refractivity contribution in [1.29, 1.82) is 0 Å². The predicted molar refractivity (Wildman–Crippen MR) is 156 cm³/mol. The second kappa shape index (κ2) is 14.2. The summed E-state index contributed by atoms with van der Waals surface area (Å²) in [7, 11) is -3.27. The maximum Gasteiger partial charge on any atom is 0.417 e. The summed E-state index contributed by atoms with van der Waals surface area (Å²) < 4.78 is 72.2. The smallest absolute Gasteiger partial charge is 0.377 e. The van der Waals surface area contributed by atoms with Crippen molar-refractivity contribution in [2.24, 2.45) is 0 Å². The average molecular weight is 609 g/mol. The molecule has 0 bridgehead atoms. The minimum Gasteiger partial charge on any atom is -0.377 e. The lowest BCUT2D eigenvalue weighted by atomic mass is 9.90. The molecule has 1 aliphatic rings. The Labute approximate surface area is 245 Å². The van der Waals surface area contributed by atoms with E-state index in [0.717, 1.165) is 30.0 Å². The zero-order chi connectivity index (χ0) is 29.5. The highest BCUT2D eigenvalue weighted by atomic mass is 35.5. The van der Waals surface area contributed by atoms with Crippen LogP contribution in [0.5, 0.6) is 0 Å². The van der Waals surface area contributed by atoms with E-state index in [1.807, 2.05) is 36.4 Å². The molecule has 1 unspecified atom stereocenters. The van der Waals surface area contributed by atoms with Crippen LogP contribution in [-0.4, -0.2) is 62.8 Å². The molecule has 1 aliphatic heterocycles. The maximum atomic E-state index is 13.6. The fourth-order valence-electron chi connectivity index (χ4n) is 5.31. The van der Waals surface area contributed by atoms with Crippen molar-refractivity contribution in [3.63, 3.8) is 0 Å². The minimum absolute atomic E-state index is 0.00967. The van der Waals surface area contributed by atoms with Crippen LogP contribution in [0.1, 0.15) is 47.4 Å². The molecule has 0 spiro atoms. The Morgan fingerprint density at radius 1 is 1.00 bits per heavy atom. The molecule has 41 heavy (non-hydrogen) atoms. The van der Waals surface area contributed by atoms with Crippen LogP contribution in [-0.2, 0) is 27.5 Å². The van der Waals surface area contributed by atoms with Gasteiger partial charge in [0, 0.05) is 45.2 Å². The highest BCUT2D eigenvalue weighted by molar-refractivity contribution is 7.88. The number of rotatable bonds is 12. The first-order chi connectivity index (χ1) is 19.5. The van der Waals surface area contributed by atoms with Gasteiger partial charge in [-0.2, -0.15) is 17.5 Å². The lowest BCUT2D eigenvalue weighted by Crippen LogP contribution is -2.42. The number of hydrogen-bond acceptors (Lipinski definition) is 4. The number of sulfonamides is 1. The molecule has 1 saturated heterocycles. The summed E-state index contributed by atoms with van der Waals surface area (Å²) in [5.41, 5.74) is 1.80. The minimum atomic E-state index is -4.54. The normalized spacial score (nSPS) is 16.9.